The molecule has 0 saturated carbocycles. The summed E-state index contributed by atoms with van der Waals surface area (Å²) in [5.41, 5.74) is 7.08. The van der Waals surface area contributed by atoms with E-state index in [2.05, 4.69) is 0 Å². The van der Waals surface area contributed by atoms with Gasteiger partial charge in [0.05, 0.1) is 16.9 Å². The fourth-order valence-electron chi connectivity index (χ4n) is 2.60. The van der Waals surface area contributed by atoms with Gasteiger partial charge in [-0.3, -0.25) is 10.1 Å². The zero-order valence-corrected chi connectivity index (χ0v) is 11.8. The van der Waals surface area contributed by atoms with E-state index in [1.54, 1.807) is 12.1 Å². The highest BCUT2D eigenvalue weighted by molar-refractivity contribution is 5.58. The number of phenols is 1. The minimum Gasteiger partial charge on any atom is -0.508 e. The van der Waals surface area contributed by atoms with E-state index in [9.17, 15) is 20.5 Å². The van der Waals surface area contributed by atoms with Gasteiger partial charge >= 0.3 is 0 Å². The molecule has 1 aliphatic heterocycles. The Morgan fingerprint density at radius 3 is 2.74 bits per heavy atom. The van der Waals surface area contributed by atoms with Gasteiger partial charge in [-0.25, -0.2) is 0 Å². The van der Waals surface area contributed by atoms with Gasteiger partial charge in [0, 0.05) is 11.6 Å². The van der Waals surface area contributed by atoms with Gasteiger partial charge < -0.3 is 15.6 Å². The molecule has 0 spiro atoms. The van der Waals surface area contributed by atoms with Gasteiger partial charge in [-0.2, -0.15) is 5.26 Å². The summed E-state index contributed by atoms with van der Waals surface area (Å²) in [6.45, 7) is 0. The number of nitrogens with two attached hydrogens (primary N) is 1. The molecular weight excluding hydrogens is 298 g/mol. The Kier molecular flexibility index (Phi) is 3.35. The van der Waals surface area contributed by atoms with Crippen LogP contribution in [-0.2, 0) is 0 Å². The van der Waals surface area contributed by atoms with Crippen molar-refractivity contribution in [3.63, 3.8) is 0 Å². The minimum atomic E-state index is -0.559. The van der Waals surface area contributed by atoms with Crippen LogP contribution in [0.15, 0.2) is 53.9 Å². The first kappa shape index (κ1) is 14.4. The number of non-ortho nitro benzene ring substituents is 1. The molecular formula is C16H11N3O4. The maximum absolute atomic E-state index is 10.9. The Bertz CT molecular complexity index is 883. The number of aromatic hydroxyl groups is 1. The van der Waals surface area contributed by atoms with Gasteiger partial charge in [-0.05, 0) is 23.8 Å². The molecule has 114 valence electrons. The van der Waals surface area contributed by atoms with Crippen molar-refractivity contribution >= 4 is 5.69 Å². The lowest BCUT2D eigenvalue weighted by Gasteiger charge is -2.26. The number of ether oxygens (including phenoxy) is 1. The summed E-state index contributed by atoms with van der Waals surface area (Å²) in [6, 6.07) is 12.6. The molecule has 0 amide bonds. The van der Waals surface area contributed by atoms with Crippen molar-refractivity contribution in [2.75, 3.05) is 0 Å². The molecule has 7 heteroatoms. The van der Waals surface area contributed by atoms with Crippen LogP contribution in [0.3, 0.4) is 0 Å². The molecule has 0 unspecified atom stereocenters. The Labute approximate surface area is 131 Å². The molecule has 0 bridgehead atoms. The molecule has 0 aromatic heterocycles. The maximum atomic E-state index is 10.9. The molecule has 2 aromatic carbocycles. The third-order valence-corrected chi connectivity index (χ3v) is 3.62. The molecule has 3 rings (SSSR count). The summed E-state index contributed by atoms with van der Waals surface area (Å²) < 4.78 is 5.38. The van der Waals surface area contributed by atoms with Crippen LogP contribution in [0, 0.1) is 21.4 Å². The Morgan fingerprint density at radius 1 is 1.30 bits per heavy atom. The van der Waals surface area contributed by atoms with E-state index in [0.717, 1.165) is 0 Å². The third kappa shape index (κ3) is 2.42. The largest absolute Gasteiger partial charge is 0.508 e. The number of nitro benzene ring substituents is 1. The molecule has 23 heavy (non-hydrogen) atoms. The predicted octanol–water partition coefficient (Wildman–Crippen LogP) is 2.52. The van der Waals surface area contributed by atoms with Crippen molar-refractivity contribution in [3.05, 3.63) is 75.2 Å². The van der Waals surface area contributed by atoms with Crippen molar-refractivity contribution in [1.29, 1.82) is 5.26 Å². The zero-order chi connectivity index (χ0) is 16.6. The van der Waals surface area contributed by atoms with Crippen LogP contribution >= 0.6 is 0 Å². The number of nitrogens with zero attached hydrogens (tertiary/aromatic N) is 2. The average molecular weight is 309 g/mol. The van der Waals surface area contributed by atoms with E-state index in [1.165, 1.54) is 30.3 Å². The summed E-state index contributed by atoms with van der Waals surface area (Å²) in [4.78, 5) is 10.4. The SMILES string of the molecule is N#CC1=C(N)Oc2cc([N+](=O)[O-])ccc2[C@@H]1c1cccc(O)c1. The standard InChI is InChI=1S/C16H11N3O4/c17-8-13-15(9-2-1-3-11(20)6-9)12-5-4-10(19(21)22)7-14(12)23-16(13)18/h1-7,15,20H,18H2/t15-/m0/s1. The topological polar surface area (TPSA) is 122 Å². The van der Waals surface area contributed by atoms with Crippen molar-refractivity contribution in [2.45, 2.75) is 5.92 Å². The van der Waals surface area contributed by atoms with Crippen LogP contribution in [0.25, 0.3) is 0 Å². The molecule has 1 aliphatic rings. The summed E-state index contributed by atoms with van der Waals surface area (Å²) in [5.74, 6) is -0.386. The fourth-order valence-corrected chi connectivity index (χ4v) is 2.60. The highest BCUT2D eigenvalue weighted by Gasteiger charge is 2.31. The maximum Gasteiger partial charge on any atom is 0.273 e. The van der Waals surface area contributed by atoms with E-state index < -0.39 is 10.8 Å². The lowest BCUT2D eigenvalue weighted by atomic mass is 9.83. The molecule has 1 atom stereocenters. The Balaban J connectivity index is 2.22. The van der Waals surface area contributed by atoms with Crippen molar-refractivity contribution in [3.8, 4) is 17.6 Å². The van der Waals surface area contributed by atoms with Crippen molar-refractivity contribution < 1.29 is 14.8 Å². The summed E-state index contributed by atoms with van der Waals surface area (Å²) in [7, 11) is 0. The first-order valence-corrected chi connectivity index (χ1v) is 6.66. The molecule has 0 saturated heterocycles. The molecule has 0 fully saturated rings. The average Bonchev–Trinajstić information content (AvgIpc) is 2.52. The monoisotopic (exact) mass is 309 g/mol. The normalized spacial score (nSPS) is 16.2. The van der Waals surface area contributed by atoms with Crippen LogP contribution in [0.4, 0.5) is 5.69 Å². The minimum absolute atomic E-state index is 0.0494. The lowest BCUT2D eigenvalue weighted by molar-refractivity contribution is -0.384. The summed E-state index contributed by atoms with van der Waals surface area (Å²) in [6.07, 6.45) is 0. The number of nitro groups is 1. The zero-order valence-electron chi connectivity index (χ0n) is 11.8. The number of hydrogen-bond acceptors (Lipinski definition) is 6. The van der Waals surface area contributed by atoms with Crippen LogP contribution in [0.2, 0.25) is 0 Å². The number of fused-ring (bicyclic) bond motifs is 1. The lowest BCUT2D eigenvalue weighted by Crippen LogP contribution is -2.21. The van der Waals surface area contributed by atoms with Crippen LogP contribution in [0.5, 0.6) is 11.5 Å². The second-order valence-corrected chi connectivity index (χ2v) is 5.00. The fraction of sp³-hybridized carbons (Fsp3) is 0.0625. The van der Waals surface area contributed by atoms with Crippen molar-refractivity contribution in [2.24, 2.45) is 5.73 Å². The highest BCUT2D eigenvalue weighted by atomic mass is 16.6. The van der Waals surface area contributed by atoms with E-state index in [-0.39, 0.29) is 28.6 Å². The molecule has 0 radical (unpaired) electrons. The quantitative estimate of drug-likeness (QED) is 0.649. The van der Waals surface area contributed by atoms with Crippen LogP contribution < -0.4 is 10.5 Å². The predicted molar refractivity (Wildman–Crippen MR) is 80.5 cm³/mol. The molecule has 1 heterocycles. The van der Waals surface area contributed by atoms with E-state index in [0.29, 0.717) is 11.1 Å². The van der Waals surface area contributed by atoms with Gasteiger partial charge in [-0.15, -0.1) is 0 Å². The molecule has 2 aromatic rings. The molecule has 7 nitrogen and oxygen atoms in total. The Morgan fingerprint density at radius 2 is 2.09 bits per heavy atom. The summed E-state index contributed by atoms with van der Waals surface area (Å²) >= 11 is 0. The molecule has 3 N–H and O–H groups in total. The van der Waals surface area contributed by atoms with E-state index >= 15 is 0 Å². The van der Waals surface area contributed by atoms with Crippen molar-refractivity contribution in [1.82, 2.24) is 0 Å². The first-order valence-electron chi connectivity index (χ1n) is 6.66. The van der Waals surface area contributed by atoms with Gasteiger partial charge in [0.1, 0.15) is 23.1 Å². The third-order valence-electron chi connectivity index (χ3n) is 3.62. The Hall–Kier alpha value is -3.53. The molecule has 0 aliphatic carbocycles. The summed E-state index contributed by atoms with van der Waals surface area (Å²) in [5, 5.41) is 30.0. The van der Waals surface area contributed by atoms with Gasteiger partial charge in [-0.1, -0.05) is 12.1 Å². The smallest absolute Gasteiger partial charge is 0.273 e. The van der Waals surface area contributed by atoms with Gasteiger partial charge in [0.25, 0.3) is 5.69 Å². The highest BCUT2D eigenvalue weighted by Crippen LogP contribution is 2.43. The number of rotatable bonds is 2. The first-order chi connectivity index (χ1) is 11.0. The second-order valence-electron chi connectivity index (χ2n) is 5.00. The number of nitriles is 1. The second kappa shape index (κ2) is 5.35. The number of hydrogen-bond donors (Lipinski definition) is 2. The van der Waals surface area contributed by atoms with Crippen LogP contribution in [0.1, 0.15) is 17.0 Å². The number of benzene rings is 2. The van der Waals surface area contributed by atoms with Crippen LogP contribution in [-0.4, -0.2) is 10.0 Å². The van der Waals surface area contributed by atoms with E-state index in [1.807, 2.05) is 6.07 Å². The van der Waals surface area contributed by atoms with Gasteiger partial charge in [0.2, 0.25) is 5.88 Å². The number of allylic oxidation sites excluding steroid dienone is 1. The number of phenolic OH excluding ortho intramolecular Hbond substituents is 1. The van der Waals surface area contributed by atoms with E-state index in [4.69, 9.17) is 10.5 Å². The van der Waals surface area contributed by atoms with Gasteiger partial charge in [0.15, 0.2) is 0 Å².